The number of benzene rings is 2. The molecule has 2 aliphatic heterocycles. The lowest BCUT2D eigenvalue weighted by Gasteiger charge is -2.28. The maximum Gasteiger partial charge on any atom is 0.149 e. The number of thioether (sulfide) groups is 1. The van der Waals surface area contributed by atoms with Crippen LogP contribution in [0, 0.1) is 11.6 Å². The van der Waals surface area contributed by atoms with Crippen molar-refractivity contribution in [2.24, 2.45) is 0 Å². The van der Waals surface area contributed by atoms with Crippen molar-refractivity contribution in [3.8, 4) is 22.8 Å². The topological polar surface area (TPSA) is 69.8 Å². The van der Waals surface area contributed by atoms with Gasteiger partial charge in [-0.05, 0) is 78.8 Å². The number of hydrogen-bond acceptors (Lipinski definition) is 5. The van der Waals surface area contributed by atoms with Crippen LogP contribution in [0.25, 0.3) is 44.6 Å². The third kappa shape index (κ3) is 6.17. The van der Waals surface area contributed by atoms with Gasteiger partial charge >= 0.3 is 0 Å². The average Bonchev–Trinajstić information content (AvgIpc) is 3.60. The monoisotopic (exact) mass is 712 g/mol. The van der Waals surface area contributed by atoms with E-state index in [1.54, 1.807) is 42.1 Å². The minimum atomic E-state index is -3.19. The van der Waals surface area contributed by atoms with E-state index in [1.807, 2.05) is 34.9 Å². The Morgan fingerprint density at radius 3 is 1.72 bits per heavy atom. The predicted molar refractivity (Wildman–Crippen MR) is 191 cm³/mol. The quantitative estimate of drug-likeness (QED) is 0.171. The number of halogens is 4. The molecule has 0 spiro atoms. The lowest BCUT2D eigenvalue weighted by Crippen LogP contribution is -2.25. The highest BCUT2D eigenvalue weighted by molar-refractivity contribution is 7.98. The minimum Gasteiger partial charge on any atom is -0.335 e. The molecular weight excluding hydrogens is 681 g/mol. The Bertz CT molecular complexity index is 2270. The van der Waals surface area contributed by atoms with E-state index in [2.05, 4.69) is 20.8 Å². The molecule has 0 fully saturated rings. The van der Waals surface area contributed by atoms with E-state index in [9.17, 15) is 17.2 Å². The van der Waals surface area contributed by atoms with Crippen molar-refractivity contribution in [3.63, 3.8) is 0 Å². The molecule has 6 aromatic rings. The summed E-state index contributed by atoms with van der Waals surface area (Å²) in [5.41, 5.74) is 6.93. The first kappa shape index (κ1) is 33.5. The Morgan fingerprint density at radius 1 is 0.787 bits per heavy atom. The zero-order valence-electron chi connectivity index (χ0n) is 24.8. The number of fused-ring (bicyclic) bond motifs is 10. The molecule has 0 N–H and O–H groups in total. The smallest absolute Gasteiger partial charge is 0.149 e. The molecule has 2 atom stereocenters. The number of rotatable bonds is 4. The number of sulfone groups is 1. The van der Waals surface area contributed by atoms with Gasteiger partial charge < -0.3 is 9.13 Å². The van der Waals surface area contributed by atoms with Crippen molar-refractivity contribution < 1.29 is 17.2 Å². The van der Waals surface area contributed by atoms with E-state index in [-0.39, 0.29) is 30.9 Å². The highest BCUT2D eigenvalue weighted by Crippen LogP contribution is 2.42. The lowest BCUT2D eigenvalue weighted by atomic mass is 9.99. The van der Waals surface area contributed by atoms with Crippen LogP contribution < -0.4 is 0 Å². The summed E-state index contributed by atoms with van der Waals surface area (Å²) in [5.74, 6) is 0.444. The van der Waals surface area contributed by atoms with Gasteiger partial charge in [-0.3, -0.25) is 0 Å². The van der Waals surface area contributed by atoms with Gasteiger partial charge in [0.25, 0.3) is 0 Å². The molecule has 0 amide bonds. The van der Waals surface area contributed by atoms with Crippen molar-refractivity contribution in [1.29, 1.82) is 0 Å². The molecule has 244 valence electrons. The van der Waals surface area contributed by atoms with Gasteiger partial charge in [0.1, 0.15) is 31.8 Å². The molecule has 2 aliphatic rings. The first-order valence-electron chi connectivity index (χ1n) is 14.6. The van der Waals surface area contributed by atoms with Crippen LogP contribution >= 0.6 is 35.0 Å². The van der Waals surface area contributed by atoms with Crippen LogP contribution in [0.4, 0.5) is 8.78 Å². The van der Waals surface area contributed by atoms with Crippen molar-refractivity contribution in [3.05, 3.63) is 106 Å². The molecule has 4 aromatic heterocycles. The van der Waals surface area contributed by atoms with Gasteiger partial charge in [0.2, 0.25) is 0 Å². The van der Waals surface area contributed by atoms with Crippen molar-refractivity contribution in [2.45, 2.75) is 32.4 Å². The molecule has 12 heteroatoms. The fourth-order valence-electron chi connectivity index (χ4n) is 6.78. The predicted octanol–water partition coefficient (Wildman–Crippen LogP) is 9.23. The summed E-state index contributed by atoms with van der Waals surface area (Å²) < 4.78 is 56.2. The lowest BCUT2D eigenvalue weighted by molar-refractivity contribution is 0.533. The fourth-order valence-corrected chi connectivity index (χ4v) is 8.69. The molecule has 0 saturated heterocycles. The maximum absolute atomic E-state index is 14.2. The van der Waals surface area contributed by atoms with Gasteiger partial charge in [0.15, 0.2) is 0 Å². The Morgan fingerprint density at radius 2 is 1.26 bits per heavy atom. The summed E-state index contributed by atoms with van der Waals surface area (Å²) >= 11 is 13.9. The van der Waals surface area contributed by atoms with Gasteiger partial charge in [0.05, 0.1) is 45.6 Å². The summed E-state index contributed by atoms with van der Waals surface area (Å²) in [6.07, 6.45) is 4.73. The molecule has 8 rings (SSSR count). The molecule has 6 nitrogen and oxygen atoms in total. The van der Waals surface area contributed by atoms with Gasteiger partial charge in [-0.1, -0.05) is 54.9 Å². The second kappa shape index (κ2) is 12.9. The Kier molecular flexibility index (Phi) is 9.17. The van der Waals surface area contributed by atoms with E-state index in [4.69, 9.17) is 23.2 Å². The van der Waals surface area contributed by atoms with Crippen LogP contribution in [-0.4, -0.2) is 51.5 Å². The largest absolute Gasteiger partial charge is 0.335 e. The molecular formula is C35H32Cl2F2N4O2S2. The summed E-state index contributed by atoms with van der Waals surface area (Å²) in [6, 6.07) is 21.1. The van der Waals surface area contributed by atoms with Gasteiger partial charge in [-0.2, -0.15) is 11.8 Å². The number of nitrogens with zero attached hydrogens (tertiary/aromatic N) is 4. The van der Waals surface area contributed by atoms with Crippen LogP contribution in [0.1, 0.15) is 30.6 Å². The second-order valence-corrected chi connectivity index (χ2v) is 15.6. The van der Waals surface area contributed by atoms with Gasteiger partial charge in [-0.15, -0.1) is 0 Å². The third-order valence-electron chi connectivity index (χ3n) is 8.53. The SMILES string of the molecule is C.CS(=O)(=O)CC1Cc2ccc(Cl)nc2-c2cc3c(F)cccc3n21.CSCC1Cc2ccc(Cl)nc2-c2cc3c(F)cccc3n21. The van der Waals surface area contributed by atoms with Crippen molar-refractivity contribution in [1.82, 2.24) is 19.1 Å². The summed E-state index contributed by atoms with van der Waals surface area (Å²) in [4.78, 5) is 8.87. The Labute approximate surface area is 286 Å². The molecule has 2 unspecified atom stereocenters. The zero-order chi connectivity index (χ0) is 32.3. The molecule has 0 saturated carbocycles. The van der Waals surface area contributed by atoms with Gasteiger partial charge in [-0.25, -0.2) is 27.2 Å². The Hall–Kier alpha value is -3.44. The van der Waals surface area contributed by atoms with Gasteiger partial charge in [0, 0.05) is 28.8 Å². The third-order valence-corrected chi connectivity index (χ3v) is 10.7. The Balaban J connectivity index is 0.000000161. The highest BCUT2D eigenvalue weighted by atomic mass is 35.5. The molecule has 2 aromatic carbocycles. The van der Waals surface area contributed by atoms with Crippen molar-refractivity contribution >= 4 is 66.6 Å². The van der Waals surface area contributed by atoms with E-state index < -0.39 is 9.84 Å². The van der Waals surface area contributed by atoms with Crippen LogP contribution in [0.2, 0.25) is 10.3 Å². The van der Waals surface area contributed by atoms with E-state index >= 15 is 0 Å². The normalized spacial score (nSPS) is 16.4. The molecule has 6 heterocycles. The minimum absolute atomic E-state index is 0. The summed E-state index contributed by atoms with van der Waals surface area (Å²) in [7, 11) is -3.19. The second-order valence-electron chi connectivity index (χ2n) is 11.7. The first-order valence-corrected chi connectivity index (χ1v) is 18.8. The van der Waals surface area contributed by atoms with Crippen LogP contribution in [0.5, 0.6) is 0 Å². The van der Waals surface area contributed by atoms with E-state index in [1.165, 1.54) is 24.0 Å². The van der Waals surface area contributed by atoms with Crippen LogP contribution in [-0.2, 0) is 22.7 Å². The molecule has 0 radical (unpaired) electrons. The average molecular weight is 714 g/mol. The summed E-state index contributed by atoms with van der Waals surface area (Å²) in [5, 5.41) is 1.94. The number of pyridine rings is 2. The molecule has 0 aliphatic carbocycles. The summed E-state index contributed by atoms with van der Waals surface area (Å²) in [6.45, 7) is 0. The van der Waals surface area contributed by atoms with E-state index in [0.29, 0.717) is 50.4 Å². The van der Waals surface area contributed by atoms with Crippen molar-refractivity contribution in [2.75, 3.05) is 24.0 Å². The zero-order valence-corrected chi connectivity index (χ0v) is 28.0. The molecule has 0 bridgehead atoms. The van der Waals surface area contributed by atoms with E-state index in [0.717, 1.165) is 34.6 Å². The first-order chi connectivity index (χ1) is 22.0. The number of hydrogen-bond donors (Lipinski definition) is 0. The highest BCUT2D eigenvalue weighted by Gasteiger charge is 2.31. The fraction of sp³-hybridized carbons (Fsp3) is 0.257. The van der Waals surface area contributed by atoms with Crippen LogP contribution in [0.15, 0.2) is 72.8 Å². The van der Waals surface area contributed by atoms with Crippen LogP contribution in [0.3, 0.4) is 0 Å². The maximum atomic E-state index is 14.2. The number of aromatic nitrogens is 4. The molecule has 47 heavy (non-hydrogen) atoms. The standard InChI is InChI=1S/C17H14ClFN2O2S.C17H14ClFN2S.CH4/c1-24(22,23)9-11-7-10-5-6-16(18)20-17(10)15-8-12-13(19)3-2-4-14(12)21(11)15;1-22-9-11-7-10-5-6-16(18)20-17(10)15-8-12-13(19)3-2-4-14(12)21(11)15;/h2-6,8,11H,7,9H2,1H3;2-6,8,11H,7,9H2,1H3;1H4.